The van der Waals surface area contributed by atoms with Crippen LogP contribution in [0, 0.1) is 11.3 Å². The van der Waals surface area contributed by atoms with E-state index in [1.54, 1.807) is 17.4 Å². The summed E-state index contributed by atoms with van der Waals surface area (Å²) in [5.41, 5.74) is 3.35. The highest BCUT2D eigenvalue weighted by Gasteiger charge is 2.20. The zero-order valence-corrected chi connectivity index (χ0v) is 16.2. The van der Waals surface area contributed by atoms with Crippen molar-refractivity contribution in [2.75, 3.05) is 19.0 Å². The quantitative estimate of drug-likeness (QED) is 0.702. The summed E-state index contributed by atoms with van der Waals surface area (Å²) in [5, 5.41) is 10.3. The van der Waals surface area contributed by atoms with Crippen molar-refractivity contribution in [1.82, 2.24) is 9.97 Å². The van der Waals surface area contributed by atoms with Gasteiger partial charge in [-0.05, 0) is 55.0 Å². The van der Waals surface area contributed by atoms with Gasteiger partial charge in [0.25, 0.3) is 5.56 Å². The maximum atomic E-state index is 12.7. The predicted octanol–water partition coefficient (Wildman–Crippen LogP) is 3.99. The number of aromatic amines is 1. The highest BCUT2D eigenvalue weighted by molar-refractivity contribution is 7.18. The third-order valence-corrected chi connectivity index (χ3v) is 6.11. The predicted molar refractivity (Wildman–Crippen MR) is 111 cm³/mol. The fourth-order valence-corrected chi connectivity index (χ4v) is 4.74. The van der Waals surface area contributed by atoms with Crippen LogP contribution in [0.25, 0.3) is 21.9 Å². The Bertz CT molecular complexity index is 1130. The average molecular weight is 376 g/mol. The van der Waals surface area contributed by atoms with Crippen LogP contribution in [0.2, 0.25) is 0 Å². The Morgan fingerprint density at radius 2 is 2.00 bits per heavy atom. The van der Waals surface area contributed by atoms with Crippen LogP contribution in [0.1, 0.15) is 34.7 Å². The monoisotopic (exact) mass is 376 g/mol. The van der Waals surface area contributed by atoms with Gasteiger partial charge in [-0.2, -0.15) is 5.26 Å². The standard InChI is InChI=1S/C21H20N4OS/c1-25(2)15-9-7-13(8-10-15)11-14(12-22)19-23-20(26)18-16-5-3-4-6-17(16)27-21(18)24-19/h7-11H,3-6H2,1-2H3,(H,23,24,26)/b14-11+. The van der Waals surface area contributed by atoms with Crippen LogP contribution < -0.4 is 10.5 Å². The molecule has 1 aromatic carbocycles. The lowest BCUT2D eigenvalue weighted by Gasteiger charge is -2.11. The number of fused-ring (bicyclic) bond motifs is 3. The third kappa shape index (κ3) is 3.26. The summed E-state index contributed by atoms with van der Waals surface area (Å²) in [6.07, 6.45) is 6.00. The zero-order chi connectivity index (χ0) is 19.0. The lowest BCUT2D eigenvalue weighted by molar-refractivity contribution is 0.700. The average Bonchev–Trinajstić information content (AvgIpc) is 3.05. The summed E-state index contributed by atoms with van der Waals surface area (Å²) in [6, 6.07) is 10.1. The Morgan fingerprint density at radius 3 is 2.70 bits per heavy atom. The molecule has 4 rings (SSSR count). The molecule has 2 aromatic heterocycles. The van der Waals surface area contributed by atoms with Gasteiger partial charge in [0.1, 0.15) is 10.9 Å². The second-order valence-corrected chi connectivity index (χ2v) is 8.04. The Balaban J connectivity index is 1.77. The molecule has 0 saturated carbocycles. The van der Waals surface area contributed by atoms with E-state index in [0.29, 0.717) is 16.8 Å². The van der Waals surface area contributed by atoms with Gasteiger partial charge in [0.15, 0.2) is 5.82 Å². The molecule has 0 fully saturated rings. The number of nitrogens with zero attached hydrogens (tertiary/aromatic N) is 3. The van der Waals surface area contributed by atoms with Gasteiger partial charge in [-0.1, -0.05) is 12.1 Å². The molecule has 0 saturated heterocycles. The maximum absolute atomic E-state index is 12.7. The van der Waals surface area contributed by atoms with Gasteiger partial charge in [0.2, 0.25) is 0 Å². The summed E-state index contributed by atoms with van der Waals surface area (Å²) in [4.78, 5) is 24.2. The van der Waals surface area contributed by atoms with E-state index >= 15 is 0 Å². The van der Waals surface area contributed by atoms with Crippen molar-refractivity contribution >= 4 is 38.9 Å². The van der Waals surface area contributed by atoms with E-state index in [4.69, 9.17) is 0 Å². The fourth-order valence-electron chi connectivity index (χ4n) is 3.48. The molecule has 136 valence electrons. The maximum Gasteiger partial charge on any atom is 0.260 e. The minimum Gasteiger partial charge on any atom is -0.378 e. The largest absolute Gasteiger partial charge is 0.378 e. The number of anilines is 1. The SMILES string of the molecule is CN(C)c1ccc(/C=C(\C#N)c2nc3sc4c(c3c(=O)[nH]2)CCCC4)cc1. The number of nitrogens with one attached hydrogen (secondary N) is 1. The number of aryl methyl sites for hydroxylation is 2. The third-order valence-electron chi connectivity index (χ3n) is 4.92. The van der Waals surface area contributed by atoms with Crippen LogP contribution in [-0.4, -0.2) is 24.1 Å². The van der Waals surface area contributed by atoms with Crippen molar-refractivity contribution in [3.05, 3.63) is 56.4 Å². The smallest absolute Gasteiger partial charge is 0.260 e. The van der Waals surface area contributed by atoms with Crippen molar-refractivity contribution in [3.8, 4) is 6.07 Å². The molecule has 2 heterocycles. The molecule has 0 spiro atoms. The zero-order valence-electron chi connectivity index (χ0n) is 15.4. The number of aromatic nitrogens is 2. The van der Waals surface area contributed by atoms with Gasteiger partial charge >= 0.3 is 0 Å². The van der Waals surface area contributed by atoms with E-state index in [-0.39, 0.29) is 5.56 Å². The van der Waals surface area contributed by atoms with Crippen LogP contribution in [0.5, 0.6) is 0 Å². The summed E-state index contributed by atoms with van der Waals surface area (Å²) >= 11 is 1.59. The van der Waals surface area contributed by atoms with Crippen LogP contribution in [0.4, 0.5) is 5.69 Å². The highest BCUT2D eigenvalue weighted by Crippen LogP contribution is 2.34. The minimum absolute atomic E-state index is 0.140. The van der Waals surface area contributed by atoms with Gasteiger partial charge in [-0.3, -0.25) is 4.79 Å². The van der Waals surface area contributed by atoms with Crippen LogP contribution in [0.3, 0.4) is 0 Å². The number of H-pyrrole nitrogens is 1. The second-order valence-electron chi connectivity index (χ2n) is 6.96. The van der Waals surface area contributed by atoms with Crippen molar-refractivity contribution in [2.45, 2.75) is 25.7 Å². The second kappa shape index (κ2) is 7.01. The molecule has 27 heavy (non-hydrogen) atoms. The number of thiophene rings is 1. The van der Waals surface area contributed by atoms with E-state index in [0.717, 1.165) is 47.3 Å². The molecule has 1 N–H and O–H groups in total. The molecule has 0 radical (unpaired) electrons. The Hall–Kier alpha value is -2.91. The molecule has 1 aliphatic carbocycles. The van der Waals surface area contributed by atoms with Crippen molar-refractivity contribution in [3.63, 3.8) is 0 Å². The number of benzene rings is 1. The van der Waals surface area contributed by atoms with E-state index in [2.05, 4.69) is 16.0 Å². The number of hydrogen-bond donors (Lipinski definition) is 1. The van der Waals surface area contributed by atoms with Gasteiger partial charge in [-0.15, -0.1) is 11.3 Å². The van der Waals surface area contributed by atoms with Crippen molar-refractivity contribution in [1.29, 1.82) is 5.26 Å². The van der Waals surface area contributed by atoms with Crippen molar-refractivity contribution in [2.24, 2.45) is 0 Å². The lowest BCUT2D eigenvalue weighted by Crippen LogP contribution is -2.12. The molecule has 5 nitrogen and oxygen atoms in total. The van der Waals surface area contributed by atoms with Gasteiger partial charge in [-0.25, -0.2) is 4.98 Å². The van der Waals surface area contributed by atoms with E-state index < -0.39 is 0 Å². The molecular weight excluding hydrogens is 356 g/mol. The molecular formula is C21H20N4OS. The molecule has 3 aromatic rings. The Kier molecular flexibility index (Phi) is 4.54. The molecule has 6 heteroatoms. The first-order chi connectivity index (χ1) is 13.1. The van der Waals surface area contributed by atoms with E-state index in [9.17, 15) is 10.1 Å². The summed E-state index contributed by atoms with van der Waals surface area (Å²) in [7, 11) is 3.96. The highest BCUT2D eigenvalue weighted by atomic mass is 32.1. The molecule has 0 bridgehead atoms. The van der Waals surface area contributed by atoms with E-state index in [1.165, 1.54) is 4.88 Å². The molecule has 0 atom stereocenters. The molecule has 1 aliphatic rings. The first-order valence-corrected chi connectivity index (χ1v) is 9.82. The first kappa shape index (κ1) is 17.5. The molecule has 0 amide bonds. The van der Waals surface area contributed by atoms with Crippen LogP contribution in [-0.2, 0) is 12.8 Å². The molecule has 0 aliphatic heterocycles. The minimum atomic E-state index is -0.140. The number of nitriles is 1. The van der Waals surface area contributed by atoms with E-state index in [1.807, 2.05) is 43.3 Å². The van der Waals surface area contributed by atoms with Crippen LogP contribution >= 0.6 is 11.3 Å². The molecule has 0 unspecified atom stereocenters. The number of rotatable bonds is 3. The topological polar surface area (TPSA) is 72.8 Å². The summed E-state index contributed by atoms with van der Waals surface area (Å²) < 4.78 is 0. The lowest BCUT2D eigenvalue weighted by atomic mass is 9.97. The van der Waals surface area contributed by atoms with Gasteiger partial charge in [0.05, 0.1) is 11.0 Å². The number of allylic oxidation sites excluding steroid dienone is 1. The van der Waals surface area contributed by atoms with Gasteiger partial charge < -0.3 is 9.88 Å². The normalized spacial score (nSPS) is 14.0. The fraction of sp³-hybridized carbons (Fsp3) is 0.286. The first-order valence-electron chi connectivity index (χ1n) is 9.01. The summed E-state index contributed by atoms with van der Waals surface area (Å²) in [6.45, 7) is 0. The van der Waals surface area contributed by atoms with Crippen LogP contribution in [0.15, 0.2) is 29.1 Å². The number of hydrogen-bond acceptors (Lipinski definition) is 5. The van der Waals surface area contributed by atoms with Gasteiger partial charge in [0, 0.05) is 24.7 Å². The van der Waals surface area contributed by atoms with Crippen molar-refractivity contribution < 1.29 is 0 Å². The Labute approximate surface area is 161 Å². The summed E-state index contributed by atoms with van der Waals surface area (Å²) in [5.74, 6) is 0.338. The Morgan fingerprint density at radius 1 is 1.26 bits per heavy atom.